The molecule has 1 aliphatic heterocycles. The molecule has 1 fully saturated rings. The first-order chi connectivity index (χ1) is 17.8. The van der Waals surface area contributed by atoms with Crippen LogP contribution >= 0.6 is 11.6 Å². The van der Waals surface area contributed by atoms with Gasteiger partial charge in [0.25, 0.3) is 5.91 Å². The third kappa shape index (κ3) is 5.26. The van der Waals surface area contributed by atoms with Crippen LogP contribution in [0.3, 0.4) is 0 Å². The van der Waals surface area contributed by atoms with Gasteiger partial charge >= 0.3 is 0 Å². The predicted octanol–water partition coefficient (Wildman–Crippen LogP) is 5.41. The van der Waals surface area contributed by atoms with Crippen molar-refractivity contribution in [1.82, 2.24) is 30.0 Å². The van der Waals surface area contributed by atoms with E-state index in [1.807, 2.05) is 19.9 Å². The Bertz CT molecular complexity index is 1440. The van der Waals surface area contributed by atoms with Gasteiger partial charge in [-0.05, 0) is 62.8 Å². The standard InChI is InChI=1S/C25H26ClFN8O2/c1-13-8-20(30-25-28-11-18(26)23(32-25)31-21-9-14(2)33-34-21)19(27)10-17(13)16-4-6-35(7-5-16)24(36)22-15(3)29-12-37-22/h8-12,16H,4-7H2,1-3H3,(H3,28,30,31,32,33,34). The van der Waals surface area contributed by atoms with Crippen LogP contribution in [0, 0.1) is 26.6 Å². The van der Waals surface area contributed by atoms with Gasteiger partial charge in [0.2, 0.25) is 11.7 Å². The molecule has 0 radical (unpaired) electrons. The number of likely N-dealkylation sites (tertiary alicyclic amines) is 1. The summed E-state index contributed by atoms with van der Waals surface area (Å²) in [6.07, 6.45) is 4.18. The van der Waals surface area contributed by atoms with Gasteiger partial charge in [0.15, 0.2) is 18.0 Å². The minimum Gasteiger partial charge on any atom is -0.438 e. The summed E-state index contributed by atoms with van der Waals surface area (Å²) >= 11 is 6.23. The fraction of sp³-hybridized carbons (Fsp3) is 0.320. The number of amides is 1. The summed E-state index contributed by atoms with van der Waals surface area (Å²) in [5, 5.41) is 13.2. The average Bonchev–Trinajstić information content (AvgIpc) is 3.50. The molecule has 12 heteroatoms. The Hall–Kier alpha value is -3.99. The molecule has 1 amide bonds. The molecule has 0 saturated carbocycles. The van der Waals surface area contributed by atoms with E-state index in [1.165, 1.54) is 12.6 Å². The fourth-order valence-corrected chi connectivity index (χ4v) is 4.65. The average molecular weight is 525 g/mol. The van der Waals surface area contributed by atoms with Crippen LogP contribution in [-0.2, 0) is 0 Å². The van der Waals surface area contributed by atoms with Crippen LogP contribution in [0.1, 0.15) is 51.8 Å². The number of oxazole rings is 1. The first-order valence-electron chi connectivity index (χ1n) is 11.9. The van der Waals surface area contributed by atoms with Gasteiger partial charge in [-0.25, -0.2) is 14.4 Å². The summed E-state index contributed by atoms with van der Waals surface area (Å²) in [6, 6.07) is 5.12. The first kappa shape index (κ1) is 24.7. The minimum absolute atomic E-state index is 0.142. The van der Waals surface area contributed by atoms with Crippen LogP contribution in [-0.4, -0.2) is 49.0 Å². The number of aromatic nitrogens is 5. The van der Waals surface area contributed by atoms with Crippen LogP contribution in [0.2, 0.25) is 5.02 Å². The molecule has 3 aromatic heterocycles. The summed E-state index contributed by atoms with van der Waals surface area (Å²) in [4.78, 5) is 27.0. The molecule has 0 atom stereocenters. The monoisotopic (exact) mass is 524 g/mol. The van der Waals surface area contributed by atoms with Crippen LogP contribution in [0.5, 0.6) is 0 Å². The third-order valence-electron chi connectivity index (χ3n) is 6.46. The van der Waals surface area contributed by atoms with E-state index < -0.39 is 5.82 Å². The number of hydrogen-bond donors (Lipinski definition) is 3. The maximum atomic E-state index is 15.2. The molecule has 5 rings (SSSR count). The highest BCUT2D eigenvalue weighted by Gasteiger charge is 2.28. The molecule has 1 aliphatic rings. The number of piperidine rings is 1. The van der Waals surface area contributed by atoms with Gasteiger partial charge in [0.05, 0.1) is 17.6 Å². The Morgan fingerprint density at radius 1 is 1.16 bits per heavy atom. The maximum absolute atomic E-state index is 15.2. The van der Waals surface area contributed by atoms with E-state index in [2.05, 4.69) is 35.8 Å². The predicted molar refractivity (Wildman–Crippen MR) is 137 cm³/mol. The quantitative estimate of drug-likeness (QED) is 0.305. The molecule has 4 heterocycles. The minimum atomic E-state index is -0.410. The molecular formula is C25H26ClFN8O2. The maximum Gasteiger partial charge on any atom is 0.291 e. The summed E-state index contributed by atoms with van der Waals surface area (Å²) in [7, 11) is 0. The normalized spacial score (nSPS) is 14.1. The van der Waals surface area contributed by atoms with Crippen LogP contribution in [0.25, 0.3) is 0 Å². The van der Waals surface area contributed by atoms with Gasteiger partial charge in [0.1, 0.15) is 10.8 Å². The van der Waals surface area contributed by atoms with E-state index >= 15 is 4.39 Å². The van der Waals surface area contributed by atoms with E-state index in [-0.39, 0.29) is 29.2 Å². The lowest BCUT2D eigenvalue weighted by atomic mass is 9.86. The molecule has 1 saturated heterocycles. The van der Waals surface area contributed by atoms with E-state index in [0.29, 0.717) is 35.4 Å². The third-order valence-corrected chi connectivity index (χ3v) is 6.74. The van der Waals surface area contributed by atoms with Crippen molar-refractivity contribution in [2.24, 2.45) is 0 Å². The number of halogens is 2. The second-order valence-electron chi connectivity index (χ2n) is 9.10. The number of nitrogens with one attached hydrogen (secondary N) is 3. The molecular weight excluding hydrogens is 499 g/mol. The van der Waals surface area contributed by atoms with E-state index in [9.17, 15) is 4.79 Å². The summed E-state index contributed by atoms with van der Waals surface area (Å²) in [5.41, 5.74) is 3.60. The molecule has 0 aliphatic carbocycles. The van der Waals surface area contributed by atoms with E-state index in [0.717, 1.165) is 29.7 Å². The number of rotatable bonds is 6. The van der Waals surface area contributed by atoms with Gasteiger partial charge in [-0.15, -0.1) is 0 Å². The molecule has 37 heavy (non-hydrogen) atoms. The second kappa shape index (κ2) is 10.2. The largest absolute Gasteiger partial charge is 0.438 e. The highest BCUT2D eigenvalue weighted by Crippen LogP contribution is 2.34. The molecule has 0 spiro atoms. The van der Waals surface area contributed by atoms with Crippen molar-refractivity contribution in [2.75, 3.05) is 23.7 Å². The highest BCUT2D eigenvalue weighted by molar-refractivity contribution is 6.32. The molecule has 1 aromatic carbocycles. The number of anilines is 4. The highest BCUT2D eigenvalue weighted by atomic mass is 35.5. The number of aromatic amines is 1. The lowest BCUT2D eigenvalue weighted by Crippen LogP contribution is -2.38. The van der Waals surface area contributed by atoms with Crippen LogP contribution in [0.15, 0.2) is 35.2 Å². The smallest absolute Gasteiger partial charge is 0.291 e. The zero-order chi connectivity index (χ0) is 26.1. The van der Waals surface area contributed by atoms with E-state index in [1.54, 1.807) is 24.0 Å². The Kier molecular flexibility index (Phi) is 6.79. The summed E-state index contributed by atoms with van der Waals surface area (Å²) in [6.45, 7) is 6.70. The number of nitrogens with zero attached hydrogens (tertiary/aromatic N) is 5. The Balaban J connectivity index is 1.27. The molecule has 192 valence electrons. The number of carbonyl (C=O) groups excluding carboxylic acids is 1. The van der Waals surface area contributed by atoms with Gasteiger partial charge in [-0.3, -0.25) is 9.89 Å². The van der Waals surface area contributed by atoms with Crippen molar-refractivity contribution < 1.29 is 13.6 Å². The summed E-state index contributed by atoms with van der Waals surface area (Å²) < 4.78 is 20.4. The lowest BCUT2D eigenvalue weighted by Gasteiger charge is -2.32. The van der Waals surface area contributed by atoms with Crippen LogP contribution < -0.4 is 10.6 Å². The number of H-pyrrole nitrogens is 1. The van der Waals surface area contributed by atoms with Crippen molar-refractivity contribution in [2.45, 2.75) is 39.5 Å². The molecule has 0 unspecified atom stereocenters. The van der Waals surface area contributed by atoms with Crippen molar-refractivity contribution in [3.8, 4) is 0 Å². The Morgan fingerprint density at radius 2 is 1.95 bits per heavy atom. The van der Waals surface area contributed by atoms with Crippen molar-refractivity contribution in [3.05, 3.63) is 69.9 Å². The number of carbonyl (C=O) groups is 1. The number of aryl methyl sites for hydroxylation is 3. The SMILES string of the molecule is Cc1cc(Nc2nc(Nc3cc(C)c(C4CCN(C(=O)c5ocnc5C)CC4)cc3F)ncc2Cl)n[nH]1. The van der Waals surface area contributed by atoms with Gasteiger partial charge in [-0.1, -0.05) is 11.6 Å². The lowest BCUT2D eigenvalue weighted by molar-refractivity contribution is 0.0679. The van der Waals surface area contributed by atoms with E-state index in [4.69, 9.17) is 16.0 Å². The first-order valence-corrected chi connectivity index (χ1v) is 12.2. The van der Waals surface area contributed by atoms with Crippen molar-refractivity contribution in [3.63, 3.8) is 0 Å². The van der Waals surface area contributed by atoms with Gasteiger partial charge in [0, 0.05) is 24.8 Å². The second-order valence-corrected chi connectivity index (χ2v) is 9.51. The Morgan fingerprint density at radius 3 is 2.62 bits per heavy atom. The zero-order valence-electron chi connectivity index (χ0n) is 20.6. The zero-order valence-corrected chi connectivity index (χ0v) is 21.4. The Labute approximate surface area is 217 Å². The summed E-state index contributed by atoms with van der Waals surface area (Å²) in [5.74, 6) is 0.948. The fourth-order valence-electron chi connectivity index (χ4n) is 4.52. The molecule has 3 N–H and O–H groups in total. The molecule has 10 nitrogen and oxygen atoms in total. The van der Waals surface area contributed by atoms with Crippen molar-refractivity contribution in [1.29, 1.82) is 0 Å². The van der Waals surface area contributed by atoms with Crippen LogP contribution in [0.4, 0.5) is 27.7 Å². The van der Waals surface area contributed by atoms with Crippen molar-refractivity contribution >= 4 is 40.8 Å². The number of benzene rings is 1. The van der Waals surface area contributed by atoms with Gasteiger partial charge < -0.3 is 20.0 Å². The number of hydrogen-bond acceptors (Lipinski definition) is 8. The molecule has 4 aromatic rings. The molecule has 0 bridgehead atoms. The topological polar surface area (TPSA) is 125 Å². The van der Waals surface area contributed by atoms with Gasteiger partial charge in [-0.2, -0.15) is 10.1 Å².